The molecule has 0 saturated carbocycles. The Morgan fingerprint density at radius 3 is 2.53 bits per heavy atom. The molecule has 1 aliphatic rings. The molecule has 5 nitrogen and oxygen atoms in total. The Hall–Kier alpha value is -3.77. The van der Waals surface area contributed by atoms with E-state index in [2.05, 4.69) is 47.9 Å². The van der Waals surface area contributed by atoms with E-state index in [0.29, 0.717) is 4.91 Å². The summed E-state index contributed by atoms with van der Waals surface area (Å²) >= 11 is 0.984. The van der Waals surface area contributed by atoms with E-state index in [9.17, 15) is 9.59 Å². The third-order valence-electron chi connectivity index (χ3n) is 6.55. The van der Waals surface area contributed by atoms with Gasteiger partial charge in [0.25, 0.3) is 11.1 Å². The first-order valence-electron chi connectivity index (χ1n) is 12.0. The lowest BCUT2D eigenvalue weighted by molar-refractivity contribution is -0.123. The number of thioether (sulfide) groups is 1. The first-order valence-corrected chi connectivity index (χ1v) is 12.8. The Labute approximate surface area is 215 Å². The van der Waals surface area contributed by atoms with Gasteiger partial charge in [-0.25, -0.2) is 0 Å². The summed E-state index contributed by atoms with van der Waals surface area (Å²) in [5.41, 5.74) is 6.24. The first-order chi connectivity index (χ1) is 17.3. The number of aromatic nitrogens is 1. The van der Waals surface area contributed by atoms with Gasteiger partial charge in [-0.2, -0.15) is 0 Å². The van der Waals surface area contributed by atoms with Crippen molar-refractivity contribution in [2.75, 3.05) is 13.2 Å². The molecular weight excluding hydrogens is 468 g/mol. The zero-order valence-corrected chi connectivity index (χ0v) is 21.7. The topological polar surface area (TPSA) is 51.5 Å². The number of benzene rings is 3. The Morgan fingerprint density at radius 1 is 0.917 bits per heavy atom. The van der Waals surface area contributed by atoms with Gasteiger partial charge in [0.05, 0.1) is 17.1 Å². The van der Waals surface area contributed by atoms with E-state index < -0.39 is 0 Å². The number of aryl methyl sites for hydroxylation is 3. The number of hydrogen-bond donors (Lipinski definition) is 0. The van der Waals surface area contributed by atoms with Crippen LogP contribution in [0.3, 0.4) is 0 Å². The second kappa shape index (κ2) is 9.70. The maximum atomic E-state index is 13.1. The Kier molecular flexibility index (Phi) is 6.46. The fourth-order valence-corrected chi connectivity index (χ4v) is 5.51. The van der Waals surface area contributed by atoms with E-state index in [1.165, 1.54) is 10.3 Å². The molecule has 0 radical (unpaired) electrons. The van der Waals surface area contributed by atoms with Gasteiger partial charge in [0.15, 0.2) is 0 Å². The summed E-state index contributed by atoms with van der Waals surface area (Å²) in [5.74, 6) is 0.503. The maximum absolute atomic E-state index is 13.1. The predicted molar refractivity (Wildman–Crippen MR) is 147 cm³/mol. The number of fused-ring (bicyclic) bond motifs is 1. The monoisotopic (exact) mass is 496 g/mol. The molecule has 4 aromatic rings. The normalized spacial score (nSPS) is 14.9. The Bertz CT molecular complexity index is 1530. The van der Waals surface area contributed by atoms with Crippen LogP contribution in [0.25, 0.3) is 22.5 Å². The third-order valence-corrected chi connectivity index (χ3v) is 7.46. The molecule has 5 rings (SSSR count). The van der Waals surface area contributed by atoms with Crippen molar-refractivity contribution >= 4 is 39.8 Å². The summed E-state index contributed by atoms with van der Waals surface area (Å²) < 4.78 is 8.08. The van der Waals surface area contributed by atoms with Gasteiger partial charge in [-0.15, -0.1) is 0 Å². The summed E-state index contributed by atoms with van der Waals surface area (Å²) in [6, 6.07) is 22.6. The second-order valence-corrected chi connectivity index (χ2v) is 10.1. The van der Waals surface area contributed by atoms with Crippen LogP contribution in [0.4, 0.5) is 4.79 Å². The van der Waals surface area contributed by atoms with Gasteiger partial charge in [-0.05, 0) is 85.8 Å². The molecule has 1 saturated heterocycles. The molecule has 6 heteroatoms. The van der Waals surface area contributed by atoms with Crippen LogP contribution in [-0.2, 0) is 4.79 Å². The Balaban J connectivity index is 1.37. The first kappa shape index (κ1) is 23.9. The van der Waals surface area contributed by atoms with E-state index >= 15 is 0 Å². The van der Waals surface area contributed by atoms with Crippen molar-refractivity contribution in [2.24, 2.45) is 0 Å². The van der Waals surface area contributed by atoms with E-state index in [1.54, 1.807) is 0 Å². The van der Waals surface area contributed by atoms with Crippen molar-refractivity contribution in [2.45, 2.75) is 27.7 Å². The fraction of sp³-hybridized carbons (Fsp3) is 0.200. The van der Waals surface area contributed by atoms with Gasteiger partial charge < -0.3 is 9.30 Å². The molecule has 2 heterocycles. The van der Waals surface area contributed by atoms with Gasteiger partial charge >= 0.3 is 0 Å². The third kappa shape index (κ3) is 4.44. The fourth-order valence-electron chi connectivity index (χ4n) is 4.65. The van der Waals surface area contributed by atoms with E-state index in [1.807, 2.05) is 57.2 Å². The molecule has 2 amide bonds. The van der Waals surface area contributed by atoms with E-state index in [-0.39, 0.29) is 24.3 Å². The van der Waals surface area contributed by atoms with Crippen molar-refractivity contribution < 1.29 is 14.3 Å². The minimum atomic E-state index is -0.274. The maximum Gasteiger partial charge on any atom is 0.293 e. The van der Waals surface area contributed by atoms with Crippen LogP contribution in [0, 0.1) is 27.7 Å². The molecule has 182 valence electrons. The minimum Gasteiger partial charge on any atom is -0.491 e. The molecule has 3 aromatic carbocycles. The molecule has 0 N–H and O–H groups in total. The summed E-state index contributed by atoms with van der Waals surface area (Å²) in [5, 5.41) is 2.07. The number of carbonyl (C=O) groups excluding carboxylic acids is 2. The van der Waals surface area contributed by atoms with Crippen LogP contribution in [-0.4, -0.2) is 33.8 Å². The van der Waals surface area contributed by atoms with Gasteiger partial charge in [0.1, 0.15) is 12.4 Å². The number of hydrogen-bond acceptors (Lipinski definition) is 4. The quantitative estimate of drug-likeness (QED) is 0.270. The standard InChI is InChI=1S/C30H28N2O3S/c1-19-12-13-20(2)27(16-19)35-15-14-31-29(33)28(36-30(31)34)18-24-17-21(3)32(22(24)4)26-11-7-9-23-8-5-6-10-25(23)26/h5-13,16-18H,14-15H2,1-4H3/b28-18-. The largest absolute Gasteiger partial charge is 0.491 e. The molecule has 0 spiro atoms. The van der Waals surface area contributed by atoms with Crippen molar-refractivity contribution in [3.8, 4) is 11.4 Å². The van der Waals surface area contributed by atoms with Gasteiger partial charge in [-0.3, -0.25) is 14.5 Å². The number of carbonyl (C=O) groups is 2. The molecule has 1 aliphatic heterocycles. The molecule has 0 atom stereocenters. The van der Waals surface area contributed by atoms with E-state index in [4.69, 9.17) is 4.74 Å². The number of rotatable bonds is 6. The number of nitrogens with zero attached hydrogens (tertiary/aromatic N) is 2. The highest BCUT2D eigenvalue weighted by Gasteiger charge is 2.35. The second-order valence-electron chi connectivity index (χ2n) is 9.11. The average Bonchev–Trinajstić information content (AvgIpc) is 3.29. The number of amides is 2. The van der Waals surface area contributed by atoms with Gasteiger partial charge in [0, 0.05) is 16.8 Å². The minimum absolute atomic E-state index is 0.213. The van der Waals surface area contributed by atoms with Crippen molar-refractivity contribution in [3.05, 3.63) is 99.7 Å². The molecule has 0 unspecified atom stereocenters. The van der Waals surface area contributed by atoms with E-state index in [0.717, 1.165) is 56.7 Å². The average molecular weight is 497 g/mol. The van der Waals surface area contributed by atoms with Crippen molar-refractivity contribution in [1.29, 1.82) is 0 Å². The summed E-state index contributed by atoms with van der Waals surface area (Å²) in [6.45, 7) is 8.55. The summed E-state index contributed by atoms with van der Waals surface area (Å²) in [4.78, 5) is 27.4. The van der Waals surface area contributed by atoms with Gasteiger partial charge in [-0.1, -0.05) is 48.5 Å². The summed E-state index contributed by atoms with van der Waals surface area (Å²) in [6.07, 6.45) is 1.83. The zero-order chi connectivity index (χ0) is 25.4. The SMILES string of the molecule is Cc1ccc(C)c(OCCN2C(=O)S/C(=C\c3cc(C)n(-c4cccc5ccccc45)c3C)C2=O)c1. The molecule has 0 aliphatic carbocycles. The van der Waals surface area contributed by atoms with Crippen LogP contribution >= 0.6 is 11.8 Å². The zero-order valence-electron chi connectivity index (χ0n) is 20.9. The van der Waals surface area contributed by atoms with Crippen LogP contribution < -0.4 is 4.74 Å². The summed E-state index contributed by atoms with van der Waals surface area (Å²) in [7, 11) is 0. The highest BCUT2D eigenvalue weighted by atomic mass is 32.2. The number of ether oxygens (including phenoxy) is 1. The molecular formula is C30H28N2O3S. The van der Waals surface area contributed by atoms with Crippen molar-refractivity contribution in [1.82, 2.24) is 9.47 Å². The van der Waals surface area contributed by atoms with Gasteiger partial charge in [0.2, 0.25) is 0 Å². The lowest BCUT2D eigenvalue weighted by Crippen LogP contribution is -2.32. The predicted octanol–water partition coefficient (Wildman–Crippen LogP) is 6.98. The lowest BCUT2D eigenvalue weighted by atomic mass is 10.1. The van der Waals surface area contributed by atoms with Crippen molar-refractivity contribution in [3.63, 3.8) is 0 Å². The Morgan fingerprint density at radius 2 is 1.69 bits per heavy atom. The smallest absolute Gasteiger partial charge is 0.293 e. The molecule has 1 aromatic heterocycles. The molecule has 1 fully saturated rings. The van der Waals surface area contributed by atoms with Crippen LogP contribution in [0.2, 0.25) is 0 Å². The highest BCUT2D eigenvalue weighted by Crippen LogP contribution is 2.34. The van der Waals surface area contributed by atoms with Crippen LogP contribution in [0.1, 0.15) is 28.1 Å². The lowest BCUT2D eigenvalue weighted by Gasteiger charge is -2.14. The number of imide groups is 1. The molecule has 0 bridgehead atoms. The molecule has 36 heavy (non-hydrogen) atoms. The van der Waals surface area contributed by atoms with Crippen LogP contribution in [0.15, 0.2) is 71.6 Å². The van der Waals surface area contributed by atoms with Crippen LogP contribution in [0.5, 0.6) is 5.75 Å². The highest BCUT2D eigenvalue weighted by molar-refractivity contribution is 8.18.